The summed E-state index contributed by atoms with van der Waals surface area (Å²) >= 11 is 5.48. The largest absolute Gasteiger partial charge is 0.490 e. The smallest absolute Gasteiger partial charge is 0.245 e. The molecule has 0 radical (unpaired) electrons. The van der Waals surface area contributed by atoms with Crippen LogP contribution in [0.4, 0.5) is 0 Å². The Bertz CT molecular complexity index is 316. The highest BCUT2D eigenvalue weighted by Gasteiger charge is 2.08. The third-order valence-corrected chi connectivity index (χ3v) is 1.55. The number of hydrogen-bond donors (Lipinski definition) is 0. The Hall–Kier alpha value is -0.960. The Morgan fingerprint density at radius 2 is 2.27 bits per heavy atom. The number of ether oxygens (including phenoxy) is 1. The van der Waals surface area contributed by atoms with Crippen molar-refractivity contribution in [2.45, 2.75) is 6.92 Å². The second kappa shape index (κ2) is 2.96. The summed E-state index contributed by atoms with van der Waals surface area (Å²) < 4.78 is 9.67. The lowest BCUT2D eigenvalue weighted by Crippen LogP contribution is -2.06. The molecule has 0 unspecified atom stereocenters. The highest BCUT2D eigenvalue weighted by atomic mass is 35.5. The van der Waals surface area contributed by atoms with Crippen molar-refractivity contribution in [2.24, 2.45) is 0 Å². The molecule has 1 aromatic heterocycles. The van der Waals surface area contributed by atoms with Crippen molar-refractivity contribution in [1.82, 2.24) is 0 Å². The summed E-state index contributed by atoms with van der Waals surface area (Å²) in [5, 5.41) is 0.0347. The fourth-order valence-electron chi connectivity index (χ4n) is 0.752. The van der Waals surface area contributed by atoms with Crippen LogP contribution in [-0.2, 0) is 0 Å². The zero-order chi connectivity index (χ0) is 8.43. The van der Waals surface area contributed by atoms with Gasteiger partial charge in [0.15, 0.2) is 0 Å². The molecule has 0 aliphatic heterocycles. The van der Waals surface area contributed by atoms with Gasteiger partial charge < -0.3 is 9.15 Å². The van der Waals surface area contributed by atoms with Crippen LogP contribution in [0.2, 0.25) is 5.02 Å². The maximum atomic E-state index is 11.1. The molecule has 0 fully saturated rings. The molecule has 0 atom stereocenters. The molecule has 0 amide bonds. The molecule has 0 aliphatic rings. The first-order chi connectivity index (χ1) is 5.16. The zero-order valence-electron chi connectivity index (χ0n) is 6.18. The van der Waals surface area contributed by atoms with Crippen LogP contribution in [-0.4, -0.2) is 7.11 Å². The van der Waals surface area contributed by atoms with E-state index in [1.165, 1.54) is 13.4 Å². The van der Waals surface area contributed by atoms with Crippen molar-refractivity contribution >= 4 is 11.6 Å². The van der Waals surface area contributed by atoms with Crippen molar-refractivity contribution in [3.63, 3.8) is 0 Å². The van der Waals surface area contributed by atoms with Crippen molar-refractivity contribution in [3.05, 3.63) is 27.3 Å². The van der Waals surface area contributed by atoms with Gasteiger partial charge in [0.1, 0.15) is 17.0 Å². The lowest BCUT2D eigenvalue weighted by atomic mass is 10.4. The summed E-state index contributed by atoms with van der Waals surface area (Å²) in [5.41, 5.74) is -0.335. The van der Waals surface area contributed by atoms with E-state index in [-0.39, 0.29) is 16.2 Å². The van der Waals surface area contributed by atoms with Gasteiger partial charge in [0.05, 0.1) is 7.11 Å². The molecular weight excluding hydrogens is 168 g/mol. The van der Waals surface area contributed by atoms with Gasteiger partial charge in [-0.25, -0.2) is 0 Å². The zero-order valence-corrected chi connectivity index (χ0v) is 6.94. The minimum Gasteiger partial charge on any atom is -0.490 e. The Morgan fingerprint density at radius 3 is 2.73 bits per heavy atom. The van der Waals surface area contributed by atoms with Crippen LogP contribution in [0, 0.1) is 6.92 Å². The minimum atomic E-state index is -0.335. The standard InChI is InChI=1S/C7H7ClO3/c1-4-7(10-2)6(9)5(8)3-11-4/h3H,1-2H3. The predicted molar refractivity (Wildman–Crippen MR) is 41.3 cm³/mol. The molecule has 4 heteroatoms. The Morgan fingerprint density at radius 1 is 1.64 bits per heavy atom. The van der Waals surface area contributed by atoms with E-state index in [4.69, 9.17) is 20.8 Å². The lowest BCUT2D eigenvalue weighted by molar-refractivity contribution is 0.375. The number of hydrogen-bond acceptors (Lipinski definition) is 3. The summed E-state index contributed by atoms with van der Waals surface area (Å²) in [7, 11) is 1.40. The summed E-state index contributed by atoms with van der Waals surface area (Å²) in [5.74, 6) is 0.597. The molecule has 0 aliphatic carbocycles. The summed E-state index contributed by atoms with van der Waals surface area (Å²) in [4.78, 5) is 11.1. The average molecular weight is 175 g/mol. The number of aryl methyl sites for hydroxylation is 1. The van der Waals surface area contributed by atoms with Gasteiger partial charge in [0.25, 0.3) is 0 Å². The van der Waals surface area contributed by atoms with Crippen LogP contribution in [0.15, 0.2) is 15.5 Å². The molecule has 11 heavy (non-hydrogen) atoms. The van der Waals surface area contributed by atoms with Gasteiger partial charge >= 0.3 is 0 Å². The predicted octanol–water partition coefficient (Wildman–Crippen LogP) is 1.61. The van der Waals surface area contributed by atoms with E-state index in [1.54, 1.807) is 6.92 Å². The topological polar surface area (TPSA) is 39.4 Å². The molecule has 0 aromatic carbocycles. The van der Waals surface area contributed by atoms with Crippen LogP contribution in [0.25, 0.3) is 0 Å². The molecular formula is C7H7ClO3. The van der Waals surface area contributed by atoms with Crippen LogP contribution in [0.5, 0.6) is 5.75 Å². The van der Waals surface area contributed by atoms with Gasteiger partial charge in [-0.1, -0.05) is 11.6 Å². The fraction of sp³-hybridized carbons (Fsp3) is 0.286. The van der Waals surface area contributed by atoms with Gasteiger partial charge in [0, 0.05) is 0 Å². The third-order valence-electron chi connectivity index (χ3n) is 1.29. The van der Waals surface area contributed by atoms with Crippen molar-refractivity contribution in [3.8, 4) is 5.75 Å². The molecule has 0 saturated heterocycles. The van der Waals surface area contributed by atoms with Crippen LogP contribution >= 0.6 is 11.6 Å². The van der Waals surface area contributed by atoms with Gasteiger partial charge in [-0.3, -0.25) is 4.79 Å². The van der Waals surface area contributed by atoms with Crippen molar-refractivity contribution < 1.29 is 9.15 Å². The number of methoxy groups -OCH3 is 1. The fourth-order valence-corrected chi connectivity index (χ4v) is 0.882. The Kier molecular flexibility index (Phi) is 2.19. The molecule has 60 valence electrons. The molecule has 0 spiro atoms. The average Bonchev–Trinajstić information content (AvgIpc) is 1.99. The highest BCUT2D eigenvalue weighted by molar-refractivity contribution is 6.30. The van der Waals surface area contributed by atoms with Crippen molar-refractivity contribution in [2.75, 3.05) is 7.11 Å². The summed E-state index contributed by atoms with van der Waals surface area (Å²) in [6, 6.07) is 0. The lowest BCUT2D eigenvalue weighted by Gasteiger charge is -2.00. The molecule has 1 aromatic rings. The first-order valence-corrected chi connectivity index (χ1v) is 3.36. The highest BCUT2D eigenvalue weighted by Crippen LogP contribution is 2.14. The van der Waals surface area contributed by atoms with Gasteiger partial charge in [-0.15, -0.1) is 0 Å². The monoisotopic (exact) mass is 174 g/mol. The first-order valence-electron chi connectivity index (χ1n) is 2.98. The second-order valence-electron chi connectivity index (χ2n) is 2.00. The van der Waals surface area contributed by atoms with E-state index in [1.807, 2.05) is 0 Å². The van der Waals surface area contributed by atoms with E-state index in [9.17, 15) is 4.79 Å². The molecule has 3 nitrogen and oxygen atoms in total. The maximum Gasteiger partial charge on any atom is 0.245 e. The molecule has 0 N–H and O–H groups in total. The van der Waals surface area contributed by atoms with E-state index in [0.29, 0.717) is 5.76 Å². The minimum absolute atomic E-state index is 0.0347. The van der Waals surface area contributed by atoms with E-state index < -0.39 is 0 Å². The normalized spacial score (nSPS) is 9.73. The van der Waals surface area contributed by atoms with Gasteiger partial charge in [-0.05, 0) is 6.92 Å². The first kappa shape index (κ1) is 8.14. The Labute approximate surface area is 68.5 Å². The SMILES string of the molecule is COc1c(C)occ(Cl)c1=O. The van der Waals surface area contributed by atoms with Crippen LogP contribution in [0.3, 0.4) is 0 Å². The number of rotatable bonds is 1. The molecule has 0 saturated carbocycles. The second-order valence-corrected chi connectivity index (χ2v) is 2.41. The van der Waals surface area contributed by atoms with E-state index in [0.717, 1.165) is 0 Å². The maximum absolute atomic E-state index is 11.1. The molecule has 1 rings (SSSR count). The van der Waals surface area contributed by atoms with E-state index in [2.05, 4.69) is 0 Å². The summed E-state index contributed by atoms with van der Waals surface area (Å²) in [6.45, 7) is 1.64. The van der Waals surface area contributed by atoms with Crippen molar-refractivity contribution in [1.29, 1.82) is 0 Å². The van der Waals surface area contributed by atoms with Crippen LogP contribution in [0.1, 0.15) is 5.76 Å². The number of halogens is 1. The molecule has 1 heterocycles. The quantitative estimate of drug-likeness (QED) is 0.650. The van der Waals surface area contributed by atoms with Gasteiger partial charge in [0.2, 0.25) is 11.2 Å². The molecule has 0 bridgehead atoms. The van der Waals surface area contributed by atoms with Crippen LogP contribution < -0.4 is 10.2 Å². The van der Waals surface area contributed by atoms with E-state index >= 15 is 0 Å². The Balaban J connectivity index is 3.41. The van der Waals surface area contributed by atoms with Gasteiger partial charge in [-0.2, -0.15) is 0 Å². The third kappa shape index (κ3) is 1.38. The summed E-state index contributed by atoms with van der Waals surface area (Å²) in [6.07, 6.45) is 1.20.